The number of hydrogen-bond acceptors (Lipinski definition) is 5. The number of aromatic nitrogens is 2. The highest BCUT2D eigenvalue weighted by Gasteiger charge is 2.32. The summed E-state index contributed by atoms with van der Waals surface area (Å²) in [6, 6.07) is 7.74. The fourth-order valence-electron chi connectivity index (χ4n) is 3.90. The average Bonchev–Trinajstić information content (AvgIpc) is 3.28. The molecule has 1 atom stereocenters. The van der Waals surface area contributed by atoms with Gasteiger partial charge in [0, 0.05) is 18.0 Å². The summed E-state index contributed by atoms with van der Waals surface area (Å²) in [7, 11) is 1.65. The van der Waals surface area contributed by atoms with Gasteiger partial charge in [-0.05, 0) is 37.1 Å². The van der Waals surface area contributed by atoms with Gasteiger partial charge in [-0.25, -0.2) is 4.98 Å². The van der Waals surface area contributed by atoms with Crippen molar-refractivity contribution >= 4 is 5.91 Å². The summed E-state index contributed by atoms with van der Waals surface area (Å²) in [4.78, 5) is 23.8. The first kappa shape index (κ1) is 17.9. The second kappa shape index (κ2) is 8.05. The van der Waals surface area contributed by atoms with E-state index in [9.17, 15) is 4.79 Å². The number of amides is 1. The highest BCUT2D eigenvalue weighted by molar-refractivity contribution is 5.79. The van der Waals surface area contributed by atoms with Crippen LogP contribution < -0.4 is 4.74 Å². The molecule has 6 heteroatoms. The number of methoxy groups -OCH3 is 1. The van der Waals surface area contributed by atoms with Crippen LogP contribution in [0, 0.1) is 5.92 Å². The van der Waals surface area contributed by atoms with Gasteiger partial charge in [0.2, 0.25) is 5.91 Å². The van der Waals surface area contributed by atoms with Gasteiger partial charge >= 0.3 is 0 Å². The molecule has 142 valence electrons. The molecule has 1 amide bonds. The second-order valence-electron chi connectivity index (χ2n) is 7.18. The molecule has 0 bridgehead atoms. The maximum absolute atomic E-state index is 12.7. The van der Waals surface area contributed by atoms with E-state index in [4.69, 9.17) is 14.5 Å². The number of nitrogens with zero attached hydrogens (tertiary/aromatic N) is 3. The third kappa shape index (κ3) is 3.95. The van der Waals surface area contributed by atoms with Gasteiger partial charge in [-0.1, -0.05) is 12.8 Å². The minimum absolute atomic E-state index is 0.195. The number of morpholine rings is 1. The molecule has 2 fully saturated rings. The lowest BCUT2D eigenvalue weighted by Crippen LogP contribution is -2.44. The van der Waals surface area contributed by atoms with Gasteiger partial charge in [0.05, 0.1) is 44.0 Å². The summed E-state index contributed by atoms with van der Waals surface area (Å²) in [6.07, 6.45) is 7.63. The van der Waals surface area contributed by atoms with Gasteiger partial charge in [-0.2, -0.15) is 0 Å². The summed E-state index contributed by atoms with van der Waals surface area (Å²) in [5.41, 5.74) is 2.53. The Balaban J connectivity index is 1.49. The van der Waals surface area contributed by atoms with Gasteiger partial charge in [0.15, 0.2) is 0 Å². The number of carbonyl (C=O) groups excluding carboxylic acids is 1. The van der Waals surface area contributed by atoms with Crippen LogP contribution in [0.2, 0.25) is 0 Å². The van der Waals surface area contributed by atoms with Crippen LogP contribution in [0.1, 0.15) is 37.5 Å². The van der Waals surface area contributed by atoms with Gasteiger partial charge in [-0.15, -0.1) is 0 Å². The van der Waals surface area contributed by atoms with E-state index in [0.29, 0.717) is 19.7 Å². The fourth-order valence-corrected chi connectivity index (χ4v) is 3.90. The van der Waals surface area contributed by atoms with E-state index in [1.54, 1.807) is 19.5 Å². The van der Waals surface area contributed by atoms with E-state index >= 15 is 0 Å². The third-order valence-electron chi connectivity index (χ3n) is 5.45. The summed E-state index contributed by atoms with van der Waals surface area (Å²) in [5.74, 6) is 1.28. The average molecular weight is 367 g/mol. The minimum atomic E-state index is -0.227. The molecule has 1 aliphatic carbocycles. The van der Waals surface area contributed by atoms with Crippen LogP contribution in [-0.2, 0) is 9.53 Å². The number of benzene rings is 1. The lowest BCUT2D eigenvalue weighted by molar-refractivity contribution is -0.143. The van der Waals surface area contributed by atoms with E-state index in [0.717, 1.165) is 35.5 Å². The fraction of sp³-hybridized carbons (Fsp3) is 0.476. The number of hydrogen-bond donors (Lipinski definition) is 0. The zero-order valence-corrected chi connectivity index (χ0v) is 15.6. The molecule has 2 aliphatic rings. The molecule has 1 saturated heterocycles. The Labute approximate surface area is 159 Å². The van der Waals surface area contributed by atoms with Crippen molar-refractivity contribution in [1.82, 2.24) is 14.9 Å². The second-order valence-corrected chi connectivity index (χ2v) is 7.18. The Morgan fingerprint density at radius 3 is 2.70 bits per heavy atom. The standard InChI is InChI=1S/C21H25N3O3/c1-26-17-8-6-15(7-9-17)18-12-22-13-19(23-18)20-14-24(10-11-27-20)21(25)16-4-2-3-5-16/h6-9,12-13,16,20H,2-5,10-11,14H2,1H3. The summed E-state index contributed by atoms with van der Waals surface area (Å²) in [6.45, 7) is 1.76. The van der Waals surface area contributed by atoms with Crippen LogP contribution in [-0.4, -0.2) is 47.6 Å². The van der Waals surface area contributed by atoms with Crippen molar-refractivity contribution in [2.24, 2.45) is 5.92 Å². The Kier molecular flexibility index (Phi) is 5.34. The van der Waals surface area contributed by atoms with Crippen molar-refractivity contribution < 1.29 is 14.3 Å². The Morgan fingerprint density at radius 1 is 1.19 bits per heavy atom. The molecule has 1 aromatic heterocycles. The molecule has 6 nitrogen and oxygen atoms in total. The SMILES string of the molecule is COc1ccc(-c2cncc(C3CN(C(=O)C4CCCC4)CCO3)n2)cc1. The molecule has 1 aromatic carbocycles. The first-order valence-electron chi connectivity index (χ1n) is 9.61. The molecule has 0 spiro atoms. The Bertz CT molecular complexity index is 788. The van der Waals surface area contributed by atoms with Crippen molar-refractivity contribution in [2.45, 2.75) is 31.8 Å². The number of carbonyl (C=O) groups is 1. The first-order chi connectivity index (χ1) is 13.2. The molecule has 0 N–H and O–H groups in total. The predicted octanol–water partition coefficient (Wildman–Crippen LogP) is 3.24. The zero-order valence-electron chi connectivity index (χ0n) is 15.6. The highest BCUT2D eigenvalue weighted by atomic mass is 16.5. The lowest BCUT2D eigenvalue weighted by Gasteiger charge is -2.34. The van der Waals surface area contributed by atoms with Crippen molar-refractivity contribution in [3.63, 3.8) is 0 Å². The van der Waals surface area contributed by atoms with E-state index in [-0.39, 0.29) is 17.9 Å². The predicted molar refractivity (Wildman–Crippen MR) is 101 cm³/mol. The molecule has 2 aromatic rings. The van der Waals surface area contributed by atoms with Crippen molar-refractivity contribution in [2.75, 3.05) is 26.8 Å². The summed E-state index contributed by atoms with van der Waals surface area (Å²) in [5, 5.41) is 0. The first-order valence-corrected chi connectivity index (χ1v) is 9.61. The maximum Gasteiger partial charge on any atom is 0.225 e. The Morgan fingerprint density at radius 2 is 1.96 bits per heavy atom. The topological polar surface area (TPSA) is 64.5 Å². The van der Waals surface area contributed by atoms with Gasteiger partial charge in [0.25, 0.3) is 0 Å². The van der Waals surface area contributed by atoms with Crippen LogP contribution in [0.5, 0.6) is 5.75 Å². The van der Waals surface area contributed by atoms with E-state index in [1.165, 1.54) is 12.8 Å². The van der Waals surface area contributed by atoms with E-state index in [2.05, 4.69) is 4.98 Å². The van der Waals surface area contributed by atoms with Gasteiger partial charge < -0.3 is 14.4 Å². The van der Waals surface area contributed by atoms with Gasteiger partial charge in [-0.3, -0.25) is 9.78 Å². The van der Waals surface area contributed by atoms with Gasteiger partial charge in [0.1, 0.15) is 11.9 Å². The van der Waals surface area contributed by atoms with Crippen molar-refractivity contribution in [1.29, 1.82) is 0 Å². The molecule has 0 radical (unpaired) electrons. The Hall–Kier alpha value is -2.47. The largest absolute Gasteiger partial charge is 0.497 e. The minimum Gasteiger partial charge on any atom is -0.497 e. The molecular formula is C21H25N3O3. The van der Waals surface area contributed by atoms with E-state index in [1.807, 2.05) is 29.2 Å². The van der Waals surface area contributed by atoms with Crippen molar-refractivity contribution in [3.05, 3.63) is 42.4 Å². The highest BCUT2D eigenvalue weighted by Crippen LogP contribution is 2.29. The zero-order chi connectivity index (χ0) is 18.6. The van der Waals surface area contributed by atoms with Crippen LogP contribution in [0.4, 0.5) is 0 Å². The van der Waals surface area contributed by atoms with Crippen LogP contribution in [0.15, 0.2) is 36.7 Å². The number of rotatable bonds is 4. The summed E-state index contributed by atoms with van der Waals surface area (Å²) < 4.78 is 11.1. The monoisotopic (exact) mass is 367 g/mol. The molecule has 2 heterocycles. The lowest BCUT2D eigenvalue weighted by atomic mass is 10.1. The molecule has 27 heavy (non-hydrogen) atoms. The number of ether oxygens (including phenoxy) is 2. The molecular weight excluding hydrogens is 342 g/mol. The molecule has 1 aliphatic heterocycles. The molecule has 1 saturated carbocycles. The van der Waals surface area contributed by atoms with Crippen molar-refractivity contribution in [3.8, 4) is 17.0 Å². The van der Waals surface area contributed by atoms with Crippen LogP contribution >= 0.6 is 0 Å². The third-order valence-corrected chi connectivity index (χ3v) is 5.45. The quantitative estimate of drug-likeness (QED) is 0.830. The molecule has 4 rings (SSSR count). The van der Waals surface area contributed by atoms with Crippen LogP contribution in [0.25, 0.3) is 11.3 Å². The normalized spacial score (nSPS) is 20.6. The smallest absolute Gasteiger partial charge is 0.225 e. The van der Waals surface area contributed by atoms with Crippen LogP contribution in [0.3, 0.4) is 0 Å². The van der Waals surface area contributed by atoms with E-state index < -0.39 is 0 Å². The summed E-state index contributed by atoms with van der Waals surface area (Å²) >= 11 is 0. The maximum atomic E-state index is 12.7. The molecule has 1 unspecified atom stereocenters.